The third-order valence-electron chi connectivity index (χ3n) is 4.16. The summed E-state index contributed by atoms with van der Waals surface area (Å²) in [5, 5.41) is 10.4. The van der Waals surface area contributed by atoms with Crippen molar-refractivity contribution in [1.29, 1.82) is 0 Å². The molecule has 0 radical (unpaired) electrons. The van der Waals surface area contributed by atoms with E-state index >= 15 is 0 Å². The van der Waals surface area contributed by atoms with Crippen LogP contribution in [0.4, 0.5) is 5.82 Å². The van der Waals surface area contributed by atoms with Gasteiger partial charge in [-0.2, -0.15) is 0 Å². The molecule has 20 heavy (non-hydrogen) atoms. The second-order valence-electron chi connectivity index (χ2n) is 5.59. The van der Waals surface area contributed by atoms with Crippen LogP contribution in [-0.2, 0) is 6.54 Å². The summed E-state index contributed by atoms with van der Waals surface area (Å²) < 4.78 is 4.00. The molecule has 0 saturated carbocycles. The van der Waals surface area contributed by atoms with Crippen molar-refractivity contribution >= 4 is 17.0 Å². The first kappa shape index (κ1) is 13.3. The molecule has 3 N–H and O–H groups in total. The lowest BCUT2D eigenvalue weighted by molar-refractivity contribution is -0.690. The fraction of sp³-hybridized carbons (Fsp3) is 0.643. The van der Waals surface area contributed by atoms with E-state index < -0.39 is 6.10 Å². The van der Waals surface area contributed by atoms with Crippen molar-refractivity contribution in [3.8, 4) is 0 Å². The third-order valence-corrected chi connectivity index (χ3v) is 4.16. The van der Waals surface area contributed by atoms with Crippen LogP contribution in [0.2, 0.25) is 0 Å². The van der Waals surface area contributed by atoms with E-state index in [1.54, 1.807) is 12.7 Å². The van der Waals surface area contributed by atoms with Crippen LogP contribution in [0.15, 0.2) is 12.7 Å². The van der Waals surface area contributed by atoms with Gasteiger partial charge in [-0.15, -0.1) is 0 Å². The van der Waals surface area contributed by atoms with E-state index in [1.165, 1.54) is 19.3 Å². The van der Waals surface area contributed by atoms with E-state index in [9.17, 15) is 5.11 Å². The zero-order chi connectivity index (χ0) is 14.1. The third kappa shape index (κ3) is 2.14. The van der Waals surface area contributed by atoms with Crippen molar-refractivity contribution in [3.05, 3.63) is 12.7 Å². The van der Waals surface area contributed by atoms with Gasteiger partial charge in [0.1, 0.15) is 18.7 Å². The van der Waals surface area contributed by atoms with Gasteiger partial charge >= 0.3 is 0 Å². The van der Waals surface area contributed by atoms with E-state index in [0.29, 0.717) is 12.4 Å². The lowest BCUT2D eigenvalue weighted by atomic mass is 10.0. The number of aliphatic hydroxyl groups excluding tert-OH is 1. The summed E-state index contributed by atoms with van der Waals surface area (Å²) in [7, 11) is 0. The Morgan fingerprint density at radius 3 is 3.05 bits per heavy atom. The number of nitrogens with zero attached hydrogens (tertiary/aromatic N) is 4. The Labute approximate surface area is 118 Å². The van der Waals surface area contributed by atoms with Gasteiger partial charge in [0, 0.05) is 0 Å². The van der Waals surface area contributed by atoms with Crippen molar-refractivity contribution in [2.45, 2.75) is 57.7 Å². The van der Waals surface area contributed by atoms with Crippen molar-refractivity contribution in [2.24, 2.45) is 0 Å². The Kier molecular flexibility index (Phi) is 3.56. The molecular formula is C14H22N5O+. The molecular weight excluding hydrogens is 254 g/mol. The minimum atomic E-state index is -0.392. The molecule has 0 spiro atoms. The van der Waals surface area contributed by atoms with Gasteiger partial charge in [-0.1, -0.05) is 31.2 Å². The summed E-state index contributed by atoms with van der Waals surface area (Å²) in [6, 6.07) is 0.0960. The molecule has 0 saturated heterocycles. The number of aromatic nitrogens is 4. The summed E-state index contributed by atoms with van der Waals surface area (Å²) in [4.78, 5) is 8.49. The smallest absolute Gasteiger partial charge is 0.261 e. The van der Waals surface area contributed by atoms with Crippen LogP contribution >= 0.6 is 0 Å². The first-order valence-corrected chi connectivity index (χ1v) is 7.41. The van der Waals surface area contributed by atoms with Gasteiger partial charge in [0.2, 0.25) is 12.1 Å². The highest BCUT2D eigenvalue weighted by molar-refractivity contribution is 5.79. The fourth-order valence-corrected chi connectivity index (χ4v) is 3.06. The number of aliphatic hydroxyl groups is 1. The van der Waals surface area contributed by atoms with Crippen molar-refractivity contribution < 1.29 is 9.67 Å². The van der Waals surface area contributed by atoms with Gasteiger partial charge in [0.05, 0.1) is 0 Å². The molecule has 3 rings (SSSR count). The van der Waals surface area contributed by atoms with Crippen LogP contribution in [0.3, 0.4) is 0 Å². The van der Waals surface area contributed by atoms with Crippen LogP contribution in [-0.4, -0.2) is 25.7 Å². The maximum Gasteiger partial charge on any atom is 0.261 e. The molecule has 1 aliphatic heterocycles. The number of nitrogens with two attached hydrogens (primary N) is 1. The number of hydrogen-bond donors (Lipinski definition) is 2. The monoisotopic (exact) mass is 276 g/mol. The number of unbranched alkanes of at least 4 members (excludes halogenated alkanes) is 3. The van der Waals surface area contributed by atoms with E-state index in [4.69, 9.17) is 5.73 Å². The molecule has 2 aromatic heterocycles. The molecule has 0 unspecified atom stereocenters. The normalized spacial score (nSPS) is 21.5. The lowest BCUT2D eigenvalue weighted by Gasteiger charge is -2.26. The number of hydrogen-bond acceptors (Lipinski definition) is 4. The van der Waals surface area contributed by atoms with E-state index in [0.717, 1.165) is 24.0 Å². The van der Waals surface area contributed by atoms with Gasteiger partial charge in [0.25, 0.3) is 5.65 Å². The molecule has 3 heterocycles. The highest BCUT2D eigenvalue weighted by Crippen LogP contribution is 2.28. The van der Waals surface area contributed by atoms with Gasteiger partial charge in [-0.05, 0) is 12.8 Å². The first-order chi connectivity index (χ1) is 9.72. The highest BCUT2D eigenvalue weighted by atomic mass is 16.3. The molecule has 0 bridgehead atoms. The second kappa shape index (κ2) is 5.36. The number of imidazole rings is 1. The van der Waals surface area contributed by atoms with Crippen LogP contribution < -0.4 is 10.3 Å². The number of nitrogen functional groups attached to an aromatic ring is 1. The predicted molar refractivity (Wildman–Crippen MR) is 75.9 cm³/mol. The zero-order valence-corrected chi connectivity index (χ0v) is 11.9. The zero-order valence-electron chi connectivity index (χ0n) is 11.9. The molecule has 0 amide bonds. The second-order valence-corrected chi connectivity index (χ2v) is 5.59. The molecule has 0 aromatic carbocycles. The molecule has 108 valence electrons. The SMILES string of the molecule is CCCCCC[C@@H]1[C@@H](O)C[n+]2cnc(N)c3ncn1c32. The highest BCUT2D eigenvalue weighted by Gasteiger charge is 2.34. The summed E-state index contributed by atoms with van der Waals surface area (Å²) in [5.74, 6) is 0.455. The molecule has 1 aliphatic rings. The lowest BCUT2D eigenvalue weighted by Crippen LogP contribution is -2.49. The molecule has 6 nitrogen and oxygen atoms in total. The minimum Gasteiger partial charge on any atom is -0.386 e. The molecule has 0 aliphatic carbocycles. The fourth-order valence-electron chi connectivity index (χ4n) is 3.06. The number of rotatable bonds is 5. The minimum absolute atomic E-state index is 0.0960. The van der Waals surface area contributed by atoms with Crippen LogP contribution in [0.5, 0.6) is 0 Å². The van der Waals surface area contributed by atoms with Crippen LogP contribution in [0, 0.1) is 0 Å². The Hall–Kier alpha value is -1.69. The Bertz CT molecular complexity index is 609. The maximum absolute atomic E-state index is 10.4. The predicted octanol–water partition coefficient (Wildman–Crippen LogP) is 1.19. The van der Waals surface area contributed by atoms with Crippen LogP contribution in [0.1, 0.15) is 45.1 Å². The summed E-state index contributed by atoms with van der Waals surface area (Å²) in [6.45, 7) is 2.77. The summed E-state index contributed by atoms with van der Waals surface area (Å²) in [5.41, 5.74) is 7.58. The largest absolute Gasteiger partial charge is 0.386 e. The average molecular weight is 276 g/mol. The molecule has 6 heteroatoms. The van der Waals surface area contributed by atoms with E-state index in [-0.39, 0.29) is 6.04 Å². The van der Waals surface area contributed by atoms with Gasteiger partial charge in [0.15, 0.2) is 11.8 Å². The topological polar surface area (TPSA) is 80.8 Å². The Balaban J connectivity index is 1.89. The van der Waals surface area contributed by atoms with E-state index in [2.05, 4.69) is 21.5 Å². The maximum atomic E-state index is 10.4. The average Bonchev–Trinajstić information content (AvgIpc) is 2.88. The van der Waals surface area contributed by atoms with E-state index in [1.807, 2.05) is 4.57 Å². The Morgan fingerprint density at radius 1 is 1.40 bits per heavy atom. The first-order valence-electron chi connectivity index (χ1n) is 7.41. The number of anilines is 1. The van der Waals surface area contributed by atoms with Crippen LogP contribution in [0.25, 0.3) is 11.2 Å². The Morgan fingerprint density at radius 2 is 2.25 bits per heavy atom. The van der Waals surface area contributed by atoms with Crippen molar-refractivity contribution in [3.63, 3.8) is 0 Å². The molecule has 2 atom stereocenters. The standard InChI is InChI=1S/C14H21N5O/c1-2-3-4-5-6-10-11(20)7-18-8-17-13(15)12-14(18)19(10)9-16-12/h8-11,15,20H,2-7H2,1H3/p+1/t10-,11+/m1/s1. The van der Waals surface area contributed by atoms with Gasteiger partial charge < -0.3 is 10.8 Å². The summed E-state index contributed by atoms with van der Waals surface area (Å²) in [6.07, 6.45) is 8.89. The molecule has 0 fully saturated rings. The molecule has 2 aromatic rings. The van der Waals surface area contributed by atoms with Crippen molar-refractivity contribution in [1.82, 2.24) is 14.5 Å². The van der Waals surface area contributed by atoms with Crippen molar-refractivity contribution in [2.75, 3.05) is 5.73 Å². The van der Waals surface area contributed by atoms with Gasteiger partial charge in [-0.3, -0.25) is 0 Å². The summed E-state index contributed by atoms with van der Waals surface area (Å²) >= 11 is 0. The van der Waals surface area contributed by atoms with Gasteiger partial charge in [-0.25, -0.2) is 14.1 Å². The quantitative estimate of drug-likeness (QED) is 0.635.